The molecule has 0 saturated heterocycles. The Morgan fingerprint density at radius 2 is 1.83 bits per heavy atom. The van der Waals surface area contributed by atoms with Crippen molar-refractivity contribution < 1.29 is 24.9 Å². The van der Waals surface area contributed by atoms with E-state index in [2.05, 4.69) is 13.8 Å². The van der Waals surface area contributed by atoms with Gasteiger partial charge in [-0.1, -0.05) is 20.8 Å². The quantitative estimate of drug-likeness (QED) is 0.613. The smallest absolute Gasteiger partial charge is 0.303 e. The Morgan fingerprint density at radius 3 is 2.52 bits per heavy atom. The van der Waals surface area contributed by atoms with Crippen molar-refractivity contribution in [1.82, 2.24) is 0 Å². The third-order valence-electron chi connectivity index (χ3n) is 10.2. The maximum Gasteiger partial charge on any atom is 0.303 e. The molecular formula is C24H38O5. The number of rotatable bonds is 4. The van der Waals surface area contributed by atoms with E-state index in [1.807, 2.05) is 6.92 Å². The van der Waals surface area contributed by atoms with Gasteiger partial charge in [-0.2, -0.15) is 0 Å². The average molecular weight is 407 g/mol. The molecule has 0 aliphatic heterocycles. The van der Waals surface area contributed by atoms with Gasteiger partial charge in [-0.05, 0) is 80.0 Å². The molecule has 0 spiro atoms. The highest BCUT2D eigenvalue weighted by molar-refractivity contribution is 5.83. The summed E-state index contributed by atoms with van der Waals surface area (Å²) < 4.78 is 0. The molecule has 4 fully saturated rings. The van der Waals surface area contributed by atoms with Gasteiger partial charge in [0.2, 0.25) is 0 Å². The van der Waals surface area contributed by atoms with Crippen molar-refractivity contribution in [2.45, 2.75) is 90.8 Å². The zero-order valence-electron chi connectivity index (χ0n) is 18.2. The maximum atomic E-state index is 13.4. The van der Waals surface area contributed by atoms with Gasteiger partial charge in [0.15, 0.2) is 5.79 Å². The lowest BCUT2D eigenvalue weighted by atomic mass is 9.43. The molecule has 4 rings (SSSR count). The van der Waals surface area contributed by atoms with Crippen molar-refractivity contribution in [2.75, 3.05) is 0 Å². The van der Waals surface area contributed by atoms with Gasteiger partial charge in [0.25, 0.3) is 0 Å². The van der Waals surface area contributed by atoms with E-state index in [0.29, 0.717) is 42.8 Å². The molecule has 8 atom stereocenters. The largest absolute Gasteiger partial charge is 0.481 e. The SMILES string of the molecule is C[C@H](CCC(=O)O)[C@H]1CC[C@H]2[C@@H]3C(=O)C[C@@H]4CCCC(O)(O)[C@]4(C)[C@H]3CC[C@]12C. The molecule has 0 unspecified atom stereocenters. The monoisotopic (exact) mass is 406 g/mol. The highest BCUT2D eigenvalue weighted by Crippen LogP contribution is 2.68. The first-order chi connectivity index (χ1) is 13.5. The topological polar surface area (TPSA) is 94.8 Å². The maximum absolute atomic E-state index is 13.4. The molecule has 0 bridgehead atoms. The molecule has 0 heterocycles. The second kappa shape index (κ2) is 7.05. The Kier molecular flexibility index (Phi) is 5.18. The Labute approximate surface area is 174 Å². The van der Waals surface area contributed by atoms with E-state index in [4.69, 9.17) is 5.11 Å². The van der Waals surface area contributed by atoms with Crippen molar-refractivity contribution in [1.29, 1.82) is 0 Å². The van der Waals surface area contributed by atoms with Crippen LogP contribution in [0.5, 0.6) is 0 Å². The number of ketones is 1. The van der Waals surface area contributed by atoms with Gasteiger partial charge >= 0.3 is 5.97 Å². The van der Waals surface area contributed by atoms with Crippen molar-refractivity contribution in [3.63, 3.8) is 0 Å². The van der Waals surface area contributed by atoms with E-state index in [0.717, 1.165) is 38.5 Å². The Bertz CT molecular complexity index is 687. The van der Waals surface area contributed by atoms with Gasteiger partial charge in [0.1, 0.15) is 5.78 Å². The van der Waals surface area contributed by atoms with E-state index >= 15 is 0 Å². The fraction of sp³-hybridized carbons (Fsp3) is 0.917. The zero-order valence-corrected chi connectivity index (χ0v) is 18.2. The number of hydrogen-bond acceptors (Lipinski definition) is 4. The first-order valence-electron chi connectivity index (χ1n) is 11.7. The summed E-state index contributed by atoms with van der Waals surface area (Å²) in [7, 11) is 0. The second-order valence-electron chi connectivity index (χ2n) is 11.2. The first-order valence-corrected chi connectivity index (χ1v) is 11.7. The minimum absolute atomic E-state index is 0.0511. The van der Waals surface area contributed by atoms with Crippen LogP contribution in [0.15, 0.2) is 0 Å². The van der Waals surface area contributed by atoms with Crippen molar-refractivity contribution in [3.05, 3.63) is 0 Å². The molecule has 0 amide bonds. The van der Waals surface area contributed by atoms with Crippen LogP contribution < -0.4 is 0 Å². The van der Waals surface area contributed by atoms with Crippen molar-refractivity contribution >= 4 is 11.8 Å². The Morgan fingerprint density at radius 1 is 1.10 bits per heavy atom. The highest BCUT2D eigenvalue weighted by Gasteiger charge is 2.67. The fourth-order valence-corrected chi connectivity index (χ4v) is 8.57. The summed E-state index contributed by atoms with van der Waals surface area (Å²) in [5.41, 5.74) is -0.543. The van der Waals surface area contributed by atoms with Crippen LogP contribution in [0.3, 0.4) is 0 Å². The molecule has 5 nitrogen and oxygen atoms in total. The molecule has 0 aromatic carbocycles. The lowest BCUT2D eigenvalue weighted by molar-refractivity contribution is -0.307. The van der Waals surface area contributed by atoms with Gasteiger partial charge in [0, 0.05) is 30.6 Å². The van der Waals surface area contributed by atoms with Crippen molar-refractivity contribution in [3.8, 4) is 0 Å². The summed E-state index contributed by atoms with van der Waals surface area (Å²) in [5, 5.41) is 31.1. The van der Waals surface area contributed by atoms with Gasteiger partial charge in [-0.3, -0.25) is 9.59 Å². The van der Waals surface area contributed by atoms with Crippen LogP contribution in [-0.4, -0.2) is 32.9 Å². The van der Waals surface area contributed by atoms with Crippen LogP contribution in [0.4, 0.5) is 0 Å². The number of carboxylic acid groups (broad SMARTS) is 1. The molecule has 4 aliphatic rings. The molecule has 4 saturated carbocycles. The van der Waals surface area contributed by atoms with Crippen LogP contribution in [0.1, 0.15) is 85.0 Å². The third-order valence-corrected chi connectivity index (χ3v) is 10.2. The number of hydrogen-bond donors (Lipinski definition) is 3. The zero-order chi connectivity index (χ0) is 21.2. The standard InChI is InChI=1S/C24H38O5/c1-14(6-9-20(26)27)16-7-8-17-21-18(10-12-22(16,17)2)23(3)15(13-19(21)25)5-4-11-24(23,28)29/h14-18,21,28-29H,4-13H2,1-3H3,(H,26,27)/t14-,15+,16-,17+,18+,21+,22-,23+/m1/s1. The minimum Gasteiger partial charge on any atom is -0.481 e. The van der Waals surface area contributed by atoms with Crippen LogP contribution in [0, 0.1) is 46.3 Å². The van der Waals surface area contributed by atoms with Gasteiger partial charge < -0.3 is 15.3 Å². The minimum atomic E-state index is -1.68. The fourth-order valence-electron chi connectivity index (χ4n) is 8.57. The lowest BCUT2D eigenvalue weighted by Gasteiger charge is -2.63. The molecule has 0 radical (unpaired) electrons. The first kappa shape index (κ1) is 21.3. The van der Waals surface area contributed by atoms with Gasteiger partial charge in [-0.25, -0.2) is 0 Å². The lowest BCUT2D eigenvalue weighted by Crippen LogP contribution is -2.65. The summed E-state index contributed by atoms with van der Waals surface area (Å²) in [6, 6.07) is 0. The predicted octanol–water partition coefficient (Wildman–Crippen LogP) is 4.01. The molecule has 3 N–H and O–H groups in total. The van der Waals surface area contributed by atoms with E-state index in [9.17, 15) is 19.8 Å². The molecule has 0 aromatic heterocycles. The van der Waals surface area contributed by atoms with Crippen LogP contribution in [-0.2, 0) is 9.59 Å². The number of carbonyl (C=O) groups excluding carboxylic acids is 1. The van der Waals surface area contributed by atoms with Crippen LogP contribution in [0.25, 0.3) is 0 Å². The van der Waals surface area contributed by atoms with Crippen LogP contribution in [0.2, 0.25) is 0 Å². The molecular weight excluding hydrogens is 368 g/mol. The van der Waals surface area contributed by atoms with Crippen LogP contribution >= 0.6 is 0 Å². The Hall–Kier alpha value is -0.940. The number of aliphatic carboxylic acids is 1. The second-order valence-corrected chi connectivity index (χ2v) is 11.2. The predicted molar refractivity (Wildman–Crippen MR) is 109 cm³/mol. The molecule has 5 heteroatoms. The number of aliphatic hydroxyl groups is 2. The highest BCUT2D eigenvalue weighted by atomic mass is 16.5. The molecule has 164 valence electrons. The number of Topliss-reactive ketones (excluding diaryl/α,β-unsaturated/α-hetero) is 1. The molecule has 0 aromatic rings. The Balaban J connectivity index is 1.62. The van der Waals surface area contributed by atoms with E-state index in [1.165, 1.54) is 0 Å². The summed E-state index contributed by atoms with van der Waals surface area (Å²) in [6.07, 6.45) is 7.46. The summed E-state index contributed by atoms with van der Waals surface area (Å²) in [6.45, 7) is 6.56. The van der Waals surface area contributed by atoms with Gasteiger partial charge in [0.05, 0.1) is 0 Å². The number of fused-ring (bicyclic) bond motifs is 5. The van der Waals surface area contributed by atoms with Gasteiger partial charge in [-0.15, -0.1) is 0 Å². The average Bonchev–Trinajstić information content (AvgIpc) is 2.99. The van der Waals surface area contributed by atoms with Crippen molar-refractivity contribution in [2.24, 2.45) is 46.3 Å². The molecule has 4 aliphatic carbocycles. The summed E-state index contributed by atoms with van der Waals surface area (Å²) >= 11 is 0. The third kappa shape index (κ3) is 3.02. The number of carbonyl (C=O) groups is 2. The molecule has 29 heavy (non-hydrogen) atoms. The summed E-state index contributed by atoms with van der Waals surface area (Å²) in [5.74, 6) is -0.919. The summed E-state index contributed by atoms with van der Waals surface area (Å²) in [4.78, 5) is 24.4. The van der Waals surface area contributed by atoms with E-state index in [1.54, 1.807) is 0 Å². The normalized spacial score (nSPS) is 47.1. The van der Waals surface area contributed by atoms with E-state index < -0.39 is 17.2 Å². The number of carboxylic acids is 1. The van der Waals surface area contributed by atoms with E-state index in [-0.39, 0.29) is 29.6 Å².